The number of sulfonamides is 1. The van der Waals surface area contributed by atoms with Crippen LogP contribution in [0.2, 0.25) is 10.0 Å². The van der Waals surface area contributed by atoms with Crippen molar-refractivity contribution in [3.63, 3.8) is 0 Å². The van der Waals surface area contributed by atoms with Crippen LogP contribution in [0.25, 0.3) is 0 Å². The summed E-state index contributed by atoms with van der Waals surface area (Å²) >= 11 is 12.1. The van der Waals surface area contributed by atoms with Gasteiger partial charge in [-0.15, -0.1) is 0 Å². The van der Waals surface area contributed by atoms with Crippen molar-refractivity contribution in [2.75, 3.05) is 18.9 Å². The fourth-order valence-corrected chi connectivity index (χ4v) is 4.06. The molecule has 0 heterocycles. The summed E-state index contributed by atoms with van der Waals surface area (Å²) < 4.78 is 26.3. The molecule has 0 saturated carbocycles. The lowest BCUT2D eigenvalue weighted by molar-refractivity contribution is -0.115. The largest absolute Gasteiger partial charge is 0.325 e. The molecule has 0 aliphatic carbocycles. The summed E-state index contributed by atoms with van der Waals surface area (Å²) in [5, 5.41) is 6.82. The second-order valence-corrected chi connectivity index (χ2v) is 8.70. The van der Waals surface area contributed by atoms with E-state index in [0.717, 1.165) is 5.56 Å². The Labute approximate surface area is 169 Å². The molecule has 0 aliphatic rings. The molecule has 146 valence electrons. The van der Waals surface area contributed by atoms with Gasteiger partial charge in [-0.2, -0.15) is 0 Å². The van der Waals surface area contributed by atoms with Crippen molar-refractivity contribution in [1.29, 1.82) is 0 Å². The molecule has 0 saturated heterocycles. The molecule has 0 radical (unpaired) electrons. The number of nitrogens with one attached hydrogen (secondary N) is 3. The van der Waals surface area contributed by atoms with Crippen molar-refractivity contribution in [3.05, 3.63) is 57.6 Å². The third-order valence-corrected chi connectivity index (χ3v) is 6.15. The van der Waals surface area contributed by atoms with Crippen LogP contribution in [0.4, 0.5) is 5.69 Å². The van der Waals surface area contributed by atoms with E-state index in [0.29, 0.717) is 21.3 Å². The lowest BCUT2D eigenvalue weighted by Crippen LogP contribution is -2.30. The van der Waals surface area contributed by atoms with Crippen molar-refractivity contribution in [3.8, 4) is 0 Å². The number of carbonyl (C=O) groups is 1. The average Bonchev–Trinajstić information content (AvgIpc) is 2.61. The first kappa shape index (κ1) is 21.7. The third-order valence-electron chi connectivity index (χ3n) is 4.03. The summed E-state index contributed by atoms with van der Waals surface area (Å²) in [5.74, 6) is -0.302. The monoisotopic (exact) mass is 429 g/mol. The molecule has 0 spiro atoms. The lowest BCUT2D eigenvalue weighted by atomic mass is 10.1. The summed E-state index contributed by atoms with van der Waals surface area (Å²) in [7, 11) is -2.26. The molecule has 2 rings (SSSR count). The van der Waals surface area contributed by atoms with Gasteiger partial charge in [-0.1, -0.05) is 35.3 Å². The topological polar surface area (TPSA) is 87.3 Å². The predicted octanol–water partition coefficient (Wildman–Crippen LogP) is 3.50. The molecule has 9 heteroatoms. The van der Waals surface area contributed by atoms with E-state index in [1.807, 2.05) is 6.92 Å². The standard InChI is InChI=1S/C18H21Cl2N3O3S/c1-11-4-6-14(9-17(11)27(25,26)21-3)23-18(24)10-22-12(2)15-7-5-13(19)8-16(15)20/h4-9,12,21-22H,10H2,1-3H3,(H,23,24). The Balaban J connectivity index is 2.03. The number of hydrogen-bond acceptors (Lipinski definition) is 4. The van der Waals surface area contributed by atoms with E-state index in [2.05, 4.69) is 15.4 Å². The van der Waals surface area contributed by atoms with E-state index < -0.39 is 10.0 Å². The zero-order chi connectivity index (χ0) is 20.2. The highest BCUT2D eigenvalue weighted by atomic mass is 35.5. The van der Waals surface area contributed by atoms with E-state index in [-0.39, 0.29) is 23.4 Å². The van der Waals surface area contributed by atoms with Crippen molar-refractivity contribution >= 4 is 44.8 Å². The van der Waals surface area contributed by atoms with Crippen molar-refractivity contribution in [2.24, 2.45) is 0 Å². The minimum atomic E-state index is -3.60. The fourth-order valence-electron chi connectivity index (χ4n) is 2.49. The molecular weight excluding hydrogens is 409 g/mol. The second-order valence-electron chi connectivity index (χ2n) is 6.00. The molecule has 2 aromatic rings. The number of halogens is 2. The molecule has 0 aliphatic heterocycles. The zero-order valence-corrected chi connectivity index (χ0v) is 17.5. The second kappa shape index (κ2) is 9.03. The minimum absolute atomic E-state index is 0.0299. The van der Waals surface area contributed by atoms with Crippen LogP contribution in [0.3, 0.4) is 0 Å². The van der Waals surface area contributed by atoms with Gasteiger partial charge in [-0.3, -0.25) is 4.79 Å². The van der Waals surface area contributed by atoms with Crippen molar-refractivity contribution in [2.45, 2.75) is 24.8 Å². The maximum absolute atomic E-state index is 12.2. The highest BCUT2D eigenvalue weighted by molar-refractivity contribution is 7.89. The van der Waals surface area contributed by atoms with Gasteiger partial charge in [0.2, 0.25) is 15.9 Å². The molecule has 1 unspecified atom stereocenters. The normalized spacial score (nSPS) is 12.6. The lowest BCUT2D eigenvalue weighted by Gasteiger charge is -2.16. The molecule has 0 fully saturated rings. The van der Waals surface area contributed by atoms with E-state index in [9.17, 15) is 13.2 Å². The number of amides is 1. The minimum Gasteiger partial charge on any atom is -0.325 e. The molecule has 0 aromatic heterocycles. The van der Waals surface area contributed by atoms with Gasteiger partial charge in [-0.05, 0) is 56.3 Å². The van der Waals surface area contributed by atoms with E-state index >= 15 is 0 Å². The Morgan fingerprint density at radius 1 is 1.15 bits per heavy atom. The van der Waals surface area contributed by atoms with Gasteiger partial charge < -0.3 is 10.6 Å². The number of benzene rings is 2. The molecule has 1 amide bonds. The van der Waals surface area contributed by atoms with Crippen LogP contribution in [-0.2, 0) is 14.8 Å². The Kier molecular flexibility index (Phi) is 7.25. The van der Waals surface area contributed by atoms with Gasteiger partial charge in [0.15, 0.2) is 0 Å². The molecule has 27 heavy (non-hydrogen) atoms. The molecule has 1 atom stereocenters. The van der Waals surface area contributed by atoms with Crippen molar-refractivity contribution in [1.82, 2.24) is 10.0 Å². The Bertz CT molecular complexity index is 949. The Morgan fingerprint density at radius 3 is 2.48 bits per heavy atom. The van der Waals surface area contributed by atoms with Crippen LogP contribution in [0.5, 0.6) is 0 Å². The predicted molar refractivity (Wildman–Crippen MR) is 109 cm³/mol. The van der Waals surface area contributed by atoms with E-state index in [1.165, 1.54) is 13.1 Å². The SMILES string of the molecule is CNS(=O)(=O)c1cc(NC(=O)CNC(C)c2ccc(Cl)cc2Cl)ccc1C. The van der Waals surface area contributed by atoms with Gasteiger partial charge in [-0.25, -0.2) is 13.1 Å². The quantitative estimate of drug-likeness (QED) is 0.628. The average molecular weight is 430 g/mol. The summed E-state index contributed by atoms with van der Waals surface area (Å²) in [6.07, 6.45) is 0. The zero-order valence-electron chi connectivity index (χ0n) is 15.1. The molecule has 0 bridgehead atoms. The maximum atomic E-state index is 12.2. The first-order chi connectivity index (χ1) is 12.6. The van der Waals surface area contributed by atoms with Gasteiger partial charge in [0, 0.05) is 21.8 Å². The van der Waals surface area contributed by atoms with Crippen molar-refractivity contribution < 1.29 is 13.2 Å². The van der Waals surface area contributed by atoms with Crippen LogP contribution >= 0.6 is 23.2 Å². The molecule has 6 nitrogen and oxygen atoms in total. The highest BCUT2D eigenvalue weighted by Gasteiger charge is 2.16. The molecule has 2 aromatic carbocycles. The van der Waals surface area contributed by atoms with Gasteiger partial charge in [0.25, 0.3) is 0 Å². The number of carbonyl (C=O) groups excluding carboxylic acids is 1. The van der Waals surface area contributed by atoms with Crippen LogP contribution in [0, 0.1) is 6.92 Å². The van der Waals surface area contributed by atoms with Crippen LogP contribution < -0.4 is 15.4 Å². The Morgan fingerprint density at radius 2 is 1.85 bits per heavy atom. The number of rotatable bonds is 7. The van der Waals surface area contributed by atoms with Crippen LogP contribution in [0.1, 0.15) is 24.1 Å². The van der Waals surface area contributed by atoms with Crippen LogP contribution in [-0.4, -0.2) is 27.9 Å². The first-order valence-corrected chi connectivity index (χ1v) is 10.4. The van der Waals surface area contributed by atoms with Gasteiger partial charge in [0.1, 0.15) is 0 Å². The number of hydrogen-bond donors (Lipinski definition) is 3. The summed E-state index contributed by atoms with van der Waals surface area (Å²) in [6, 6.07) is 9.74. The number of aryl methyl sites for hydroxylation is 1. The molecular formula is C18H21Cl2N3O3S. The van der Waals surface area contributed by atoms with Crippen LogP contribution in [0.15, 0.2) is 41.3 Å². The fraction of sp³-hybridized carbons (Fsp3) is 0.278. The summed E-state index contributed by atoms with van der Waals surface area (Å²) in [5.41, 5.74) is 1.82. The third kappa shape index (κ3) is 5.67. The number of anilines is 1. The van der Waals surface area contributed by atoms with E-state index in [4.69, 9.17) is 23.2 Å². The maximum Gasteiger partial charge on any atom is 0.240 e. The summed E-state index contributed by atoms with van der Waals surface area (Å²) in [4.78, 5) is 12.3. The first-order valence-electron chi connectivity index (χ1n) is 8.16. The van der Waals surface area contributed by atoms with Gasteiger partial charge >= 0.3 is 0 Å². The molecule has 3 N–H and O–H groups in total. The van der Waals surface area contributed by atoms with Gasteiger partial charge in [0.05, 0.1) is 11.4 Å². The Hall–Kier alpha value is -1.64. The highest BCUT2D eigenvalue weighted by Crippen LogP contribution is 2.26. The summed E-state index contributed by atoms with van der Waals surface area (Å²) in [6.45, 7) is 3.60. The smallest absolute Gasteiger partial charge is 0.240 e. The van der Waals surface area contributed by atoms with E-state index in [1.54, 1.807) is 37.3 Å².